The highest BCUT2D eigenvalue weighted by Crippen LogP contribution is 2.12. The van der Waals surface area contributed by atoms with Crippen molar-refractivity contribution in [3.05, 3.63) is 53.6 Å². The molecule has 1 aromatic carbocycles. The predicted octanol–water partition coefficient (Wildman–Crippen LogP) is 1.13. The Morgan fingerprint density at radius 1 is 0.952 bits per heavy atom. The van der Waals surface area contributed by atoms with Gasteiger partial charge in [-0.2, -0.15) is 0 Å². The Morgan fingerprint density at radius 3 is 2.24 bits per heavy atom. The summed E-state index contributed by atoms with van der Waals surface area (Å²) >= 11 is 0. The molecule has 0 saturated carbocycles. The molecule has 8 nitrogen and oxygen atoms in total. The number of carboxylic acids is 2. The molecule has 8 heteroatoms. The van der Waals surface area contributed by atoms with Crippen LogP contribution < -0.4 is 5.32 Å². The number of benzene rings is 1. The summed E-state index contributed by atoms with van der Waals surface area (Å²) < 4.78 is 0. The van der Waals surface area contributed by atoms with E-state index in [0.29, 0.717) is 0 Å². The van der Waals surface area contributed by atoms with Crippen molar-refractivity contribution in [1.82, 2.24) is 9.97 Å². The molecule has 0 bridgehead atoms. The zero-order chi connectivity index (χ0) is 15.4. The molecular weight excluding hydrogens is 278 g/mol. The van der Waals surface area contributed by atoms with Crippen LogP contribution in [0, 0.1) is 0 Å². The zero-order valence-electron chi connectivity index (χ0n) is 10.5. The summed E-state index contributed by atoms with van der Waals surface area (Å²) in [7, 11) is 0. The minimum Gasteiger partial charge on any atom is -0.478 e. The highest BCUT2D eigenvalue weighted by Gasteiger charge is 2.19. The number of carbonyl (C=O) groups is 3. The van der Waals surface area contributed by atoms with Gasteiger partial charge in [0, 0.05) is 18.1 Å². The lowest BCUT2D eigenvalue weighted by Gasteiger charge is -2.06. The van der Waals surface area contributed by atoms with E-state index in [-0.39, 0.29) is 16.9 Å². The topological polar surface area (TPSA) is 129 Å². The van der Waals surface area contributed by atoms with Crippen molar-refractivity contribution in [3.8, 4) is 0 Å². The second-order valence-corrected chi connectivity index (χ2v) is 3.90. The fraction of sp³-hybridized carbons (Fsp3) is 0. The molecule has 0 unspecified atom stereocenters. The van der Waals surface area contributed by atoms with Crippen LogP contribution in [0.5, 0.6) is 0 Å². The zero-order valence-corrected chi connectivity index (χ0v) is 10.5. The van der Waals surface area contributed by atoms with Crippen LogP contribution in [0.3, 0.4) is 0 Å². The SMILES string of the molecule is O=C(O)c1cccc(NC(=O)c2nccnc2C(=O)O)c1. The van der Waals surface area contributed by atoms with Crippen molar-refractivity contribution in [2.75, 3.05) is 5.32 Å². The van der Waals surface area contributed by atoms with Gasteiger partial charge in [-0.05, 0) is 18.2 Å². The van der Waals surface area contributed by atoms with E-state index in [0.717, 1.165) is 6.20 Å². The Kier molecular flexibility index (Phi) is 3.89. The number of anilines is 1. The lowest BCUT2D eigenvalue weighted by atomic mass is 10.2. The van der Waals surface area contributed by atoms with Crippen LogP contribution in [0.1, 0.15) is 31.3 Å². The number of hydrogen-bond donors (Lipinski definition) is 3. The Morgan fingerprint density at radius 2 is 1.62 bits per heavy atom. The highest BCUT2D eigenvalue weighted by molar-refractivity contribution is 6.08. The molecule has 0 aliphatic carbocycles. The van der Waals surface area contributed by atoms with Gasteiger partial charge < -0.3 is 15.5 Å². The third kappa shape index (κ3) is 3.18. The van der Waals surface area contributed by atoms with E-state index >= 15 is 0 Å². The molecule has 106 valence electrons. The number of nitrogens with one attached hydrogen (secondary N) is 1. The highest BCUT2D eigenvalue weighted by atomic mass is 16.4. The molecule has 0 spiro atoms. The van der Waals surface area contributed by atoms with E-state index < -0.39 is 23.5 Å². The Labute approximate surface area is 118 Å². The Hall–Kier alpha value is -3.29. The van der Waals surface area contributed by atoms with Gasteiger partial charge >= 0.3 is 11.9 Å². The summed E-state index contributed by atoms with van der Waals surface area (Å²) in [6, 6.07) is 5.54. The van der Waals surface area contributed by atoms with Crippen molar-refractivity contribution < 1.29 is 24.6 Å². The van der Waals surface area contributed by atoms with Gasteiger partial charge in [-0.1, -0.05) is 6.07 Å². The van der Waals surface area contributed by atoms with Crippen LogP contribution in [-0.4, -0.2) is 38.0 Å². The maximum atomic E-state index is 12.0. The number of carboxylic acid groups (broad SMARTS) is 2. The Bertz CT molecular complexity index is 729. The number of nitrogens with zero attached hydrogens (tertiary/aromatic N) is 2. The molecule has 0 aliphatic heterocycles. The summed E-state index contributed by atoms with van der Waals surface area (Å²) in [6.07, 6.45) is 2.35. The van der Waals surface area contributed by atoms with Crippen molar-refractivity contribution >= 4 is 23.5 Å². The third-order valence-corrected chi connectivity index (χ3v) is 2.48. The first-order chi connectivity index (χ1) is 9.99. The minimum atomic E-state index is -1.38. The third-order valence-electron chi connectivity index (χ3n) is 2.48. The summed E-state index contributed by atoms with van der Waals surface area (Å²) in [6.45, 7) is 0. The van der Waals surface area contributed by atoms with Crippen molar-refractivity contribution in [3.63, 3.8) is 0 Å². The van der Waals surface area contributed by atoms with E-state index in [1.807, 2.05) is 0 Å². The summed E-state index contributed by atoms with van der Waals surface area (Å²) in [5.74, 6) is -3.31. The molecule has 0 atom stereocenters. The van der Waals surface area contributed by atoms with E-state index in [4.69, 9.17) is 10.2 Å². The molecular formula is C13H9N3O5. The van der Waals surface area contributed by atoms with Crippen LogP contribution >= 0.6 is 0 Å². The van der Waals surface area contributed by atoms with Gasteiger partial charge in [0.2, 0.25) is 0 Å². The molecule has 0 saturated heterocycles. The maximum absolute atomic E-state index is 12.0. The first kappa shape index (κ1) is 14.1. The second kappa shape index (κ2) is 5.78. The smallest absolute Gasteiger partial charge is 0.356 e. The van der Waals surface area contributed by atoms with Crippen LogP contribution in [0.25, 0.3) is 0 Å². The average Bonchev–Trinajstić information content (AvgIpc) is 2.47. The van der Waals surface area contributed by atoms with Crippen LogP contribution in [0.4, 0.5) is 5.69 Å². The normalized spacial score (nSPS) is 9.90. The molecule has 1 heterocycles. The molecule has 2 aromatic rings. The molecule has 21 heavy (non-hydrogen) atoms. The van der Waals surface area contributed by atoms with Crippen molar-refractivity contribution in [2.45, 2.75) is 0 Å². The lowest BCUT2D eigenvalue weighted by Crippen LogP contribution is -2.19. The molecule has 1 amide bonds. The quantitative estimate of drug-likeness (QED) is 0.768. The van der Waals surface area contributed by atoms with Gasteiger partial charge in [0.25, 0.3) is 5.91 Å². The summed E-state index contributed by atoms with van der Waals surface area (Å²) in [5, 5.41) is 20.2. The van der Waals surface area contributed by atoms with Crippen LogP contribution in [0.15, 0.2) is 36.7 Å². The average molecular weight is 287 g/mol. The molecule has 1 aromatic heterocycles. The first-order valence-electron chi connectivity index (χ1n) is 5.68. The monoisotopic (exact) mass is 287 g/mol. The van der Waals surface area contributed by atoms with Crippen LogP contribution in [-0.2, 0) is 0 Å². The van der Waals surface area contributed by atoms with Gasteiger partial charge in [-0.25, -0.2) is 19.6 Å². The van der Waals surface area contributed by atoms with Crippen LogP contribution in [0.2, 0.25) is 0 Å². The largest absolute Gasteiger partial charge is 0.478 e. The van der Waals surface area contributed by atoms with E-state index in [9.17, 15) is 14.4 Å². The summed E-state index contributed by atoms with van der Waals surface area (Å²) in [5.41, 5.74) is -0.637. The number of carbonyl (C=O) groups excluding carboxylic acids is 1. The van der Waals surface area contributed by atoms with Crippen molar-refractivity contribution in [1.29, 1.82) is 0 Å². The van der Waals surface area contributed by atoms with E-state index in [2.05, 4.69) is 15.3 Å². The molecule has 0 aliphatic rings. The van der Waals surface area contributed by atoms with E-state index in [1.165, 1.54) is 30.5 Å². The second-order valence-electron chi connectivity index (χ2n) is 3.90. The van der Waals surface area contributed by atoms with Gasteiger partial charge in [0.05, 0.1) is 5.56 Å². The first-order valence-corrected chi connectivity index (χ1v) is 5.68. The lowest BCUT2D eigenvalue weighted by molar-refractivity contribution is 0.0680. The van der Waals surface area contributed by atoms with Gasteiger partial charge in [0.1, 0.15) is 0 Å². The fourth-order valence-corrected chi connectivity index (χ4v) is 1.58. The van der Waals surface area contributed by atoms with Gasteiger partial charge in [-0.3, -0.25) is 4.79 Å². The number of aromatic carboxylic acids is 2. The number of amides is 1. The molecule has 0 fully saturated rings. The molecule has 3 N–H and O–H groups in total. The maximum Gasteiger partial charge on any atom is 0.356 e. The molecule has 2 rings (SSSR count). The van der Waals surface area contributed by atoms with Crippen molar-refractivity contribution in [2.24, 2.45) is 0 Å². The predicted molar refractivity (Wildman–Crippen MR) is 70.3 cm³/mol. The number of rotatable bonds is 4. The summed E-state index contributed by atoms with van der Waals surface area (Å²) in [4.78, 5) is 41.0. The van der Waals surface area contributed by atoms with E-state index in [1.54, 1.807) is 0 Å². The van der Waals surface area contributed by atoms with Gasteiger partial charge in [-0.15, -0.1) is 0 Å². The fourth-order valence-electron chi connectivity index (χ4n) is 1.58. The van der Waals surface area contributed by atoms with Gasteiger partial charge in [0.15, 0.2) is 11.4 Å². The Balaban J connectivity index is 2.28. The number of aromatic nitrogens is 2. The number of hydrogen-bond acceptors (Lipinski definition) is 5. The minimum absolute atomic E-state index is 0.00889. The molecule has 0 radical (unpaired) electrons. The standard InChI is InChI=1S/C13H9N3O5/c17-11(9-10(13(20)21)15-5-4-14-9)16-8-3-1-2-7(6-8)12(18)19/h1-6H,(H,16,17)(H,18,19)(H,20,21).